The molecular weight excluding hydrogens is 1650 g/mol. The van der Waals surface area contributed by atoms with Crippen LogP contribution < -0.4 is 14.4 Å². The van der Waals surface area contributed by atoms with Crippen molar-refractivity contribution in [3.63, 3.8) is 0 Å². The quantitative estimate of drug-likeness (QED) is 0.0512. The van der Waals surface area contributed by atoms with Gasteiger partial charge in [-0.3, -0.25) is 0 Å². The molecule has 12 rings (SSSR count). The second-order valence-electron chi connectivity index (χ2n) is 43.3. The highest BCUT2D eigenvalue weighted by atomic mass is 35.5. The summed E-state index contributed by atoms with van der Waals surface area (Å²) in [5, 5.41) is 0.890. The molecule has 135 heavy (non-hydrogen) atoms. The van der Waals surface area contributed by atoms with E-state index in [0.29, 0.717) is 17.8 Å². The number of benzene rings is 11. The smallest absolute Gasteiger partial charge is 0.122 e. The largest absolute Gasteiger partial charge is 0.496 e. The highest BCUT2D eigenvalue weighted by molar-refractivity contribution is 6.31. The number of hydrogen-bond donors (Lipinski definition) is 0. The number of rotatable bonds is 27. The molecule has 0 aliphatic heterocycles. The number of hydrogen-bond acceptors (Lipinski definition) is 3. The summed E-state index contributed by atoms with van der Waals surface area (Å²) in [6, 6.07) is 94.5. The fraction of sp³-hybridized carbons (Fsp3) is 0.496. The van der Waals surface area contributed by atoms with Gasteiger partial charge in [-0.2, -0.15) is 0 Å². The Balaban J connectivity index is 0.000000737. The fourth-order valence-corrected chi connectivity index (χ4v) is 16.2. The summed E-state index contributed by atoms with van der Waals surface area (Å²) in [6.07, 6.45) is 21.8. The van der Waals surface area contributed by atoms with Crippen LogP contribution in [0.1, 0.15) is 305 Å². The molecule has 0 unspecified atom stereocenters. The first-order valence-electron chi connectivity index (χ1n) is 52.0. The van der Waals surface area contributed by atoms with Gasteiger partial charge >= 0.3 is 0 Å². The Bertz CT molecular complexity index is 4460. The van der Waals surface area contributed by atoms with E-state index in [0.717, 1.165) is 95.0 Å². The Labute approximate surface area is 838 Å². The molecule has 0 spiro atoms. The molecule has 0 radical (unpaired) electrons. The van der Waals surface area contributed by atoms with Gasteiger partial charge in [-0.25, -0.2) is 0 Å². The maximum absolute atomic E-state index is 5.97. The minimum absolute atomic E-state index is 0.676. The highest BCUT2D eigenvalue weighted by Gasteiger charge is 2.15. The second-order valence-corrected chi connectivity index (χ2v) is 43.7. The number of halogens is 1. The van der Waals surface area contributed by atoms with Gasteiger partial charge in [0.15, 0.2) is 0 Å². The molecule has 1 saturated carbocycles. The average molecular weight is 1850 g/mol. The monoisotopic (exact) mass is 1850 g/mol. The molecule has 1 aliphatic rings. The third kappa shape index (κ3) is 66.3. The van der Waals surface area contributed by atoms with Gasteiger partial charge in [-0.05, 0) is 305 Å². The van der Waals surface area contributed by atoms with Gasteiger partial charge in [0.1, 0.15) is 11.5 Å². The van der Waals surface area contributed by atoms with Crippen LogP contribution in [-0.4, -0.2) is 28.3 Å². The maximum atomic E-state index is 5.97. The minimum Gasteiger partial charge on any atom is -0.496 e. The number of para-hydroxylation sites is 1. The molecule has 11 aromatic carbocycles. The lowest BCUT2D eigenvalue weighted by Crippen LogP contribution is -2.08. The van der Waals surface area contributed by atoms with E-state index in [2.05, 4.69) is 464 Å². The Morgan fingerprint density at radius 1 is 0.244 bits per heavy atom. The summed E-state index contributed by atoms with van der Waals surface area (Å²) in [5.74, 6) is 12.1. The lowest BCUT2D eigenvalue weighted by atomic mass is 9.84. The van der Waals surface area contributed by atoms with Crippen LogP contribution in [0.15, 0.2) is 267 Å². The van der Waals surface area contributed by atoms with Crippen LogP contribution in [0.25, 0.3) is 0 Å². The van der Waals surface area contributed by atoms with Crippen molar-refractivity contribution in [1.29, 1.82) is 0 Å². The molecule has 0 bridgehead atoms. The van der Waals surface area contributed by atoms with Crippen molar-refractivity contribution in [2.45, 2.75) is 324 Å². The molecular formula is C131H196ClNO2. The SMILES string of the molecule is CC(C)CC1CCCCC1.CC(C)Cc1ccc(N(C)C)cc1.CC(C)Cc1ccccc1.CC(C)Cc1ccccc1Cl.COc1ccc(CC(C)C)cc1C.COc1ccccc1CC(C)C.Cc1ccc(CC(C)C)cc1.Cc1ccc(CC(C)C)cc1.Cc1ccc(CC(C)C)cc1.Cc1cccc(CC(C)C)c1.Cc1cccc(CC(C)C)c1.Cc1ccccc1CC(C)C. The molecule has 3 nitrogen and oxygen atoms in total. The Morgan fingerprint density at radius 2 is 0.533 bits per heavy atom. The number of aryl methyl sites for hydroxylation is 7. The second kappa shape index (κ2) is 73.3. The molecule has 11 aromatic rings. The predicted molar refractivity (Wildman–Crippen MR) is 606 cm³/mol. The minimum atomic E-state index is 0.676. The summed E-state index contributed by atoms with van der Waals surface area (Å²) in [4.78, 5) is 2.12. The van der Waals surface area contributed by atoms with E-state index < -0.39 is 0 Å². The van der Waals surface area contributed by atoms with Crippen LogP contribution in [0.3, 0.4) is 0 Å². The summed E-state index contributed by atoms with van der Waals surface area (Å²) in [7, 11) is 7.57. The normalized spacial score (nSPS) is 11.3. The van der Waals surface area contributed by atoms with E-state index in [1.807, 2.05) is 36.4 Å². The standard InChI is InChI=1S/C12H19N.C12H18O.C11H16O.6C11H16.C10H13Cl.C10H20.C10H14/c1-10(2)9-11-5-7-12(8-6-11)13(3)4;1-9(2)7-11-5-6-12(13-4)10(3)8-11;1-9(2)8-10-6-4-5-7-11(10)12-3;3*1-9(2)8-11-6-4-10(3)5-7-11;2*1-9(2)7-11-6-4-5-10(3)8-11;1-9(2)8-11-7-5-4-6-10(11)3;1-8(2)7-9-5-3-4-6-10(9)11;2*1-9(2)8-10-6-4-3-5-7-10/h5-8,10H,9H2,1-4H3;5-6,8-9H,7H2,1-4H3;4-7,9H,8H2,1-3H3;3*4-7,9H,8H2,1-3H3;2*4-6,8-9H,7H2,1-3H3;4-7,9H,8H2,1-3H3;3-6,8H,7H2,1-2H3;9-10H,3-8H2,1-2H3;3-7,9H,8H2,1-2H3. The molecule has 0 N–H and O–H groups in total. The van der Waals surface area contributed by atoms with Crippen molar-refractivity contribution in [1.82, 2.24) is 0 Å². The van der Waals surface area contributed by atoms with Crippen molar-refractivity contribution in [3.8, 4) is 11.5 Å². The van der Waals surface area contributed by atoms with E-state index in [4.69, 9.17) is 21.1 Å². The highest BCUT2D eigenvalue weighted by Crippen LogP contribution is 2.30. The fourth-order valence-electron chi connectivity index (χ4n) is 16.0. The molecule has 0 heterocycles. The first-order chi connectivity index (χ1) is 63.8. The van der Waals surface area contributed by atoms with Crippen LogP contribution in [0, 0.1) is 125 Å². The molecule has 0 aromatic heterocycles. The van der Waals surface area contributed by atoms with Crippen LogP contribution >= 0.6 is 11.6 Å². The number of anilines is 1. The van der Waals surface area contributed by atoms with Crippen LogP contribution in [-0.2, 0) is 70.6 Å². The first-order valence-corrected chi connectivity index (χ1v) is 52.3. The summed E-state index contributed by atoms with van der Waals surface area (Å²) in [6.45, 7) is 68.9. The van der Waals surface area contributed by atoms with Gasteiger partial charge in [0.05, 0.1) is 14.2 Å². The van der Waals surface area contributed by atoms with Gasteiger partial charge in [-0.1, -0.05) is 474 Å². The van der Waals surface area contributed by atoms with Crippen molar-refractivity contribution in [2.75, 3.05) is 33.2 Å². The third-order valence-electron chi connectivity index (χ3n) is 22.3. The lowest BCUT2D eigenvalue weighted by Gasteiger charge is -2.22. The zero-order chi connectivity index (χ0) is 101. The first kappa shape index (κ1) is 124. The molecule has 1 aliphatic carbocycles. The number of methoxy groups -OCH3 is 2. The van der Waals surface area contributed by atoms with Crippen molar-refractivity contribution >= 4 is 17.3 Å². The topological polar surface area (TPSA) is 21.7 Å². The van der Waals surface area contributed by atoms with Crippen molar-refractivity contribution < 1.29 is 9.47 Å². The third-order valence-corrected chi connectivity index (χ3v) is 22.6. The van der Waals surface area contributed by atoms with E-state index in [-0.39, 0.29) is 0 Å². The molecule has 1 fully saturated rings. The van der Waals surface area contributed by atoms with Gasteiger partial charge in [0.25, 0.3) is 0 Å². The summed E-state index contributed by atoms with van der Waals surface area (Å²) in [5.41, 5.74) is 26.3. The number of ether oxygens (including phenoxy) is 2. The van der Waals surface area contributed by atoms with E-state index in [9.17, 15) is 0 Å². The van der Waals surface area contributed by atoms with Gasteiger partial charge < -0.3 is 14.4 Å². The van der Waals surface area contributed by atoms with E-state index in [1.165, 1.54) is 196 Å². The van der Waals surface area contributed by atoms with E-state index in [1.54, 1.807) is 14.2 Å². The van der Waals surface area contributed by atoms with Crippen molar-refractivity contribution in [2.24, 2.45) is 76.9 Å². The van der Waals surface area contributed by atoms with Gasteiger partial charge in [-0.15, -0.1) is 0 Å². The Morgan fingerprint density at radius 3 is 0.867 bits per heavy atom. The van der Waals surface area contributed by atoms with Crippen molar-refractivity contribution in [3.05, 3.63) is 372 Å². The van der Waals surface area contributed by atoms with Crippen LogP contribution in [0.2, 0.25) is 5.02 Å². The summed E-state index contributed by atoms with van der Waals surface area (Å²) < 4.78 is 10.5. The maximum Gasteiger partial charge on any atom is 0.122 e. The molecule has 0 atom stereocenters. The number of nitrogens with zero attached hydrogens (tertiary/aromatic N) is 1. The molecule has 0 saturated heterocycles. The Kier molecular flexibility index (Phi) is 67.4. The summed E-state index contributed by atoms with van der Waals surface area (Å²) >= 11 is 5.97. The molecule has 0 amide bonds. The average Bonchev–Trinajstić information content (AvgIpc) is 0.867. The van der Waals surface area contributed by atoms with Gasteiger partial charge in [0, 0.05) is 24.8 Å². The lowest BCUT2D eigenvalue weighted by molar-refractivity contribution is 0.305. The van der Waals surface area contributed by atoms with Crippen LogP contribution in [0.4, 0.5) is 5.69 Å². The molecule has 4 heteroatoms. The van der Waals surface area contributed by atoms with Crippen LogP contribution in [0.5, 0.6) is 11.5 Å². The zero-order valence-electron chi connectivity index (χ0n) is 92.6. The Hall–Kier alpha value is -8.89. The van der Waals surface area contributed by atoms with Gasteiger partial charge in [0.2, 0.25) is 0 Å². The predicted octanol–water partition coefficient (Wildman–Crippen LogP) is 38.2. The van der Waals surface area contributed by atoms with E-state index >= 15 is 0 Å². The zero-order valence-corrected chi connectivity index (χ0v) is 93.3. The molecule has 744 valence electrons.